The van der Waals surface area contributed by atoms with Gasteiger partial charge in [-0.05, 0) is 95.0 Å². The zero-order valence-electron chi connectivity index (χ0n) is 25.6. The van der Waals surface area contributed by atoms with Gasteiger partial charge >= 0.3 is 0 Å². The molecule has 0 radical (unpaired) electrons. The van der Waals surface area contributed by atoms with E-state index in [1.165, 1.54) is 97.0 Å². The average molecular weight is 613 g/mol. The Morgan fingerprint density at radius 2 is 0.723 bits per heavy atom. The Morgan fingerprint density at radius 1 is 0.277 bits per heavy atom. The van der Waals surface area contributed by atoms with Crippen molar-refractivity contribution in [3.8, 4) is 44.5 Å². The highest BCUT2D eigenvalue weighted by molar-refractivity contribution is 7.25. The van der Waals surface area contributed by atoms with E-state index in [0.717, 1.165) is 0 Å². The largest absolute Gasteiger partial charge is 0.135 e. The van der Waals surface area contributed by atoms with Gasteiger partial charge in [-0.2, -0.15) is 0 Å². The van der Waals surface area contributed by atoms with Gasteiger partial charge in [0.15, 0.2) is 0 Å². The van der Waals surface area contributed by atoms with Crippen LogP contribution in [0.4, 0.5) is 0 Å². The summed E-state index contributed by atoms with van der Waals surface area (Å²) in [7, 11) is 0. The van der Waals surface area contributed by atoms with Gasteiger partial charge in [0.2, 0.25) is 0 Å². The van der Waals surface area contributed by atoms with Gasteiger partial charge in [0.25, 0.3) is 0 Å². The Labute approximate surface area is 277 Å². The molecule has 0 saturated carbocycles. The second-order valence-corrected chi connectivity index (χ2v) is 13.6. The summed E-state index contributed by atoms with van der Waals surface area (Å²) in [6, 6.07) is 62.7. The Bertz CT molecular complexity index is 2770. The molecule has 47 heavy (non-hydrogen) atoms. The molecule has 0 aliphatic heterocycles. The van der Waals surface area contributed by atoms with Crippen LogP contribution in [0.25, 0.3) is 97.0 Å². The van der Waals surface area contributed by atoms with Gasteiger partial charge in [-0.1, -0.05) is 152 Å². The predicted molar refractivity (Wildman–Crippen MR) is 205 cm³/mol. The van der Waals surface area contributed by atoms with Crippen LogP contribution in [0.5, 0.6) is 0 Å². The van der Waals surface area contributed by atoms with Gasteiger partial charge in [-0.25, -0.2) is 0 Å². The molecule has 10 rings (SSSR count). The molecule has 0 amide bonds. The van der Waals surface area contributed by atoms with Crippen LogP contribution in [-0.4, -0.2) is 0 Å². The molecule has 0 saturated heterocycles. The molecule has 0 aliphatic rings. The number of fused-ring (bicyclic) bond motifs is 3. The fourth-order valence-electron chi connectivity index (χ4n) is 7.56. The fraction of sp³-hybridized carbons (Fsp3) is 0. The number of benzene rings is 9. The van der Waals surface area contributed by atoms with E-state index >= 15 is 0 Å². The third kappa shape index (κ3) is 4.21. The van der Waals surface area contributed by atoms with Crippen molar-refractivity contribution >= 4 is 63.8 Å². The van der Waals surface area contributed by atoms with Crippen LogP contribution in [0.15, 0.2) is 170 Å². The zero-order valence-corrected chi connectivity index (χ0v) is 26.4. The van der Waals surface area contributed by atoms with E-state index in [1.54, 1.807) is 0 Å². The predicted octanol–water partition coefficient (Wildman–Crippen LogP) is 13.6. The van der Waals surface area contributed by atoms with Crippen LogP contribution in [0.1, 0.15) is 0 Å². The smallest absolute Gasteiger partial charge is 0.0361 e. The van der Waals surface area contributed by atoms with Crippen molar-refractivity contribution < 1.29 is 0 Å². The fourth-order valence-corrected chi connectivity index (χ4v) is 8.74. The summed E-state index contributed by atoms with van der Waals surface area (Å²) in [5.74, 6) is 0. The first-order chi connectivity index (χ1) is 23.3. The van der Waals surface area contributed by atoms with E-state index < -0.39 is 0 Å². The van der Waals surface area contributed by atoms with Crippen molar-refractivity contribution in [1.82, 2.24) is 0 Å². The van der Waals surface area contributed by atoms with E-state index in [-0.39, 0.29) is 0 Å². The standard InChI is InChI=1S/C46H28S/c1-3-8-29(9-4-1)34-18-22-39-40-23-19-35(28-44(40)47-43(39)27-34)33-12-7-13-36(26-33)38-21-15-32-16-24-41-37(30-10-5-2-6-11-30)20-14-31-17-25-42(38)46(32)45(31)41/h1-28H. The number of hydrogen-bond acceptors (Lipinski definition) is 1. The lowest BCUT2D eigenvalue weighted by Gasteiger charge is -2.17. The number of thiophene rings is 1. The maximum atomic E-state index is 2.37. The zero-order chi connectivity index (χ0) is 30.9. The molecule has 1 heterocycles. The number of hydrogen-bond donors (Lipinski definition) is 0. The first-order valence-electron chi connectivity index (χ1n) is 16.2. The minimum Gasteiger partial charge on any atom is -0.135 e. The molecule has 10 aromatic rings. The highest BCUT2D eigenvalue weighted by atomic mass is 32.1. The Hall–Kier alpha value is -5.76. The van der Waals surface area contributed by atoms with Gasteiger partial charge in [0.1, 0.15) is 0 Å². The highest BCUT2D eigenvalue weighted by Crippen LogP contribution is 2.43. The van der Waals surface area contributed by atoms with Gasteiger partial charge in [-0.3, -0.25) is 0 Å². The quantitative estimate of drug-likeness (QED) is 0.173. The summed E-state index contributed by atoms with van der Waals surface area (Å²) in [5.41, 5.74) is 10.1. The molecule has 0 nitrogen and oxygen atoms in total. The van der Waals surface area contributed by atoms with Crippen LogP contribution in [0.2, 0.25) is 0 Å². The van der Waals surface area contributed by atoms with Crippen LogP contribution in [-0.2, 0) is 0 Å². The Balaban J connectivity index is 1.09. The summed E-state index contributed by atoms with van der Waals surface area (Å²) in [5, 5.41) is 10.5. The first kappa shape index (κ1) is 26.5. The lowest BCUT2D eigenvalue weighted by Crippen LogP contribution is -1.89. The van der Waals surface area contributed by atoms with E-state index in [9.17, 15) is 0 Å². The summed E-state index contributed by atoms with van der Waals surface area (Å²) < 4.78 is 2.65. The molecule has 0 spiro atoms. The third-order valence-electron chi connectivity index (χ3n) is 9.84. The molecular formula is C46H28S. The minimum atomic E-state index is 1.24. The Morgan fingerprint density at radius 3 is 1.34 bits per heavy atom. The monoisotopic (exact) mass is 612 g/mol. The summed E-state index contributed by atoms with van der Waals surface area (Å²) in [4.78, 5) is 0. The van der Waals surface area contributed by atoms with Crippen LogP contribution in [0.3, 0.4) is 0 Å². The molecule has 0 fully saturated rings. The van der Waals surface area contributed by atoms with Gasteiger partial charge < -0.3 is 0 Å². The normalized spacial score (nSPS) is 11.8. The molecule has 0 bridgehead atoms. The topological polar surface area (TPSA) is 0 Å². The van der Waals surface area contributed by atoms with Gasteiger partial charge in [0, 0.05) is 20.2 Å². The molecule has 0 aliphatic carbocycles. The number of rotatable bonds is 4. The second-order valence-electron chi connectivity index (χ2n) is 12.5. The van der Waals surface area contributed by atoms with E-state index in [0.29, 0.717) is 0 Å². The van der Waals surface area contributed by atoms with Gasteiger partial charge in [-0.15, -0.1) is 11.3 Å². The molecule has 9 aromatic carbocycles. The van der Waals surface area contributed by atoms with E-state index in [4.69, 9.17) is 0 Å². The summed E-state index contributed by atoms with van der Waals surface area (Å²) >= 11 is 1.89. The van der Waals surface area contributed by atoms with Crippen molar-refractivity contribution in [2.75, 3.05) is 0 Å². The SMILES string of the molecule is c1ccc(-c2ccc3c(c2)sc2cc(-c4cccc(-c5ccc6ccc7c(-c8ccccc8)ccc8ccc5c6c87)c4)ccc23)cc1. The Kier molecular flexibility index (Phi) is 5.85. The second kappa shape index (κ2) is 10.4. The third-order valence-corrected chi connectivity index (χ3v) is 11.0. The highest BCUT2D eigenvalue weighted by Gasteiger charge is 2.15. The summed E-state index contributed by atoms with van der Waals surface area (Å²) in [6.07, 6.45) is 0. The average Bonchev–Trinajstić information content (AvgIpc) is 3.51. The van der Waals surface area contributed by atoms with Crippen molar-refractivity contribution in [2.45, 2.75) is 0 Å². The molecule has 1 aromatic heterocycles. The van der Waals surface area contributed by atoms with Crippen molar-refractivity contribution in [2.24, 2.45) is 0 Å². The van der Waals surface area contributed by atoms with Crippen LogP contribution < -0.4 is 0 Å². The van der Waals surface area contributed by atoms with Crippen LogP contribution in [0, 0.1) is 0 Å². The first-order valence-corrected chi connectivity index (χ1v) is 17.0. The summed E-state index contributed by atoms with van der Waals surface area (Å²) in [6.45, 7) is 0. The molecule has 0 N–H and O–H groups in total. The lowest BCUT2D eigenvalue weighted by molar-refractivity contribution is 1.63. The molecule has 218 valence electrons. The molecule has 0 atom stereocenters. The van der Waals surface area contributed by atoms with Crippen LogP contribution >= 0.6 is 11.3 Å². The minimum absolute atomic E-state index is 1.24. The van der Waals surface area contributed by atoms with Crippen molar-refractivity contribution in [3.05, 3.63) is 170 Å². The van der Waals surface area contributed by atoms with Crippen molar-refractivity contribution in [1.29, 1.82) is 0 Å². The van der Waals surface area contributed by atoms with Gasteiger partial charge in [0.05, 0.1) is 0 Å². The lowest BCUT2D eigenvalue weighted by atomic mass is 9.87. The molecule has 0 unspecified atom stereocenters. The van der Waals surface area contributed by atoms with Crippen molar-refractivity contribution in [3.63, 3.8) is 0 Å². The maximum absolute atomic E-state index is 2.37. The molecule has 1 heteroatoms. The maximum Gasteiger partial charge on any atom is 0.0361 e. The van der Waals surface area contributed by atoms with E-state index in [1.807, 2.05) is 11.3 Å². The molecular weight excluding hydrogens is 585 g/mol. The van der Waals surface area contributed by atoms with E-state index in [2.05, 4.69) is 170 Å².